The standard InChI is InChI=1S/C16H25N3O3/c1-4-13-6-8-16(9-7-13,15(21)22-3)18-14(20)12(2)19-11-5-10-17-19/h5,10-13H,4,6-9H2,1-3H3,(H,18,20). The Balaban J connectivity index is 2.10. The van der Waals surface area contributed by atoms with Crippen molar-refractivity contribution in [1.29, 1.82) is 0 Å². The first-order chi connectivity index (χ1) is 10.5. The molecule has 0 radical (unpaired) electrons. The van der Waals surface area contributed by atoms with E-state index >= 15 is 0 Å². The molecule has 1 aliphatic rings. The van der Waals surface area contributed by atoms with Gasteiger partial charge in [-0.2, -0.15) is 5.10 Å². The van der Waals surface area contributed by atoms with Crippen molar-refractivity contribution in [3.8, 4) is 0 Å². The van der Waals surface area contributed by atoms with Crippen LogP contribution < -0.4 is 5.32 Å². The number of hydrogen-bond acceptors (Lipinski definition) is 4. The minimum Gasteiger partial charge on any atom is -0.467 e. The Morgan fingerprint density at radius 2 is 2.14 bits per heavy atom. The molecule has 1 fully saturated rings. The van der Waals surface area contributed by atoms with Gasteiger partial charge in [-0.05, 0) is 44.6 Å². The number of carbonyl (C=O) groups is 2. The number of carbonyl (C=O) groups excluding carboxylic acids is 2. The molecule has 6 heteroatoms. The number of aromatic nitrogens is 2. The van der Waals surface area contributed by atoms with E-state index < -0.39 is 11.6 Å². The van der Waals surface area contributed by atoms with E-state index in [1.165, 1.54) is 7.11 Å². The normalized spacial score (nSPS) is 26.2. The van der Waals surface area contributed by atoms with Crippen LogP contribution in [0.5, 0.6) is 0 Å². The van der Waals surface area contributed by atoms with Gasteiger partial charge in [0.05, 0.1) is 7.11 Å². The second-order valence-corrected chi connectivity index (χ2v) is 6.08. The lowest BCUT2D eigenvalue weighted by atomic mass is 9.75. The molecule has 0 aromatic carbocycles. The molecular weight excluding hydrogens is 282 g/mol. The smallest absolute Gasteiger partial charge is 0.331 e. The van der Waals surface area contributed by atoms with Crippen LogP contribution >= 0.6 is 0 Å². The van der Waals surface area contributed by atoms with Gasteiger partial charge in [0.1, 0.15) is 11.6 Å². The minimum absolute atomic E-state index is 0.205. The summed E-state index contributed by atoms with van der Waals surface area (Å²) in [5.41, 5.74) is -0.890. The minimum atomic E-state index is -0.890. The first kappa shape index (κ1) is 16.5. The molecule has 0 spiro atoms. The molecule has 1 heterocycles. The summed E-state index contributed by atoms with van der Waals surface area (Å²) in [5, 5.41) is 7.02. The van der Waals surface area contributed by atoms with E-state index in [0.717, 1.165) is 19.3 Å². The Morgan fingerprint density at radius 1 is 1.45 bits per heavy atom. The molecule has 122 valence electrons. The Morgan fingerprint density at radius 3 is 2.64 bits per heavy atom. The molecule has 0 aliphatic heterocycles. The van der Waals surface area contributed by atoms with Crippen molar-refractivity contribution in [2.75, 3.05) is 7.11 Å². The highest BCUT2D eigenvalue weighted by Crippen LogP contribution is 2.35. The van der Waals surface area contributed by atoms with Gasteiger partial charge in [-0.25, -0.2) is 4.79 Å². The van der Waals surface area contributed by atoms with Gasteiger partial charge in [-0.15, -0.1) is 0 Å². The summed E-state index contributed by atoms with van der Waals surface area (Å²) >= 11 is 0. The molecule has 2 rings (SSSR count). The highest BCUT2D eigenvalue weighted by atomic mass is 16.5. The fourth-order valence-electron chi connectivity index (χ4n) is 3.12. The van der Waals surface area contributed by atoms with E-state index in [2.05, 4.69) is 17.3 Å². The number of hydrogen-bond donors (Lipinski definition) is 1. The number of nitrogens with one attached hydrogen (secondary N) is 1. The van der Waals surface area contributed by atoms with Gasteiger partial charge in [-0.3, -0.25) is 9.48 Å². The van der Waals surface area contributed by atoms with E-state index in [1.54, 1.807) is 30.1 Å². The largest absolute Gasteiger partial charge is 0.467 e. The molecule has 1 atom stereocenters. The summed E-state index contributed by atoms with van der Waals surface area (Å²) in [7, 11) is 1.37. The van der Waals surface area contributed by atoms with Crippen LogP contribution in [0, 0.1) is 5.92 Å². The second-order valence-electron chi connectivity index (χ2n) is 6.08. The Labute approximate surface area is 131 Å². The van der Waals surface area contributed by atoms with Crippen molar-refractivity contribution in [1.82, 2.24) is 15.1 Å². The van der Waals surface area contributed by atoms with Gasteiger partial charge < -0.3 is 10.1 Å². The molecule has 1 amide bonds. The number of methoxy groups -OCH3 is 1. The summed E-state index contributed by atoms with van der Waals surface area (Å²) in [6.45, 7) is 3.93. The third kappa shape index (κ3) is 3.31. The van der Waals surface area contributed by atoms with Crippen molar-refractivity contribution in [2.24, 2.45) is 5.92 Å². The molecule has 1 N–H and O–H groups in total. The van der Waals surface area contributed by atoms with E-state index in [1.807, 2.05) is 0 Å². The quantitative estimate of drug-likeness (QED) is 0.845. The van der Waals surface area contributed by atoms with Gasteiger partial charge in [0.15, 0.2) is 0 Å². The first-order valence-electron chi connectivity index (χ1n) is 7.92. The summed E-state index contributed by atoms with van der Waals surface area (Å²) in [6, 6.07) is 1.31. The second kappa shape index (κ2) is 6.94. The zero-order valence-corrected chi connectivity index (χ0v) is 13.5. The molecule has 1 aliphatic carbocycles. The first-order valence-corrected chi connectivity index (χ1v) is 7.92. The zero-order valence-electron chi connectivity index (χ0n) is 13.5. The number of rotatable bonds is 5. The average Bonchev–Trinajstić information content (AvgIpc) is 3.08. The van der Waals surface area contributed by atoms with Crippen LogP contribution in [0.15, 0.2) is 18.5 Å². The van der Waals surface area contributed by atoms with Gasteiger partial charge in [0.25, 0.3) is 0 Å². The molecule has 1 aromatic heterocycles. The van der Waals surface area contributed by atoms with E-state index in [-0.39, 0.29) is 11.9 Å². The lowest BCUT2D eigenvalue weighted by Gasteiger charge is -2.38. The summed E-state index contributed by atoms with van der Waals surface area (Å²) < 4.78 is 6.54. The fourth-order valence-corrected chi connectivity index (χ4v) is 3.12. The molecule has 0 bridgehead atoms. The third-order valence-corrected chi connectivity index (χ3v) is 4.78. The summed E-state index contributed by atoms with van der Waals surface area (Å²) in [6.07, 6.45) is 7.61. The van der Waals surface area contributed by atoms with Gasteiger partial charge in [0.2, 0.25) is 5.91 Å². The van der Waals surface area contributed by atoms with Crippen molar-refractivity contribution in [3.05, 3.63) is 18.5 Å². The van der Waals surface area contributed by atoms with E-state index in [4.69, 9.17) is 4.74 Å². The van der Waals surface area contributed by atoms with Crippen LogP contribution in [0.2, 0.25) is 0 Å². The van der Waals surface area contributed by atoms with Crippen LogP contribution in [0.1, 0.15) is 52.0 Å². The Kier molecular flexibility index (Phi) is 5.21. The molecule has 22 heavy (non-hydrogen) atoms. The molecular formula is C16H25N3O3. The maximum absolute atomic E-state index is 12.5. The molecule has 0 saturated heterocycles. The third-order valence-electron chi connectivity index (χ3n) is 4.78. The number of ether oxygens (including phenoxy) is 1. The molecule has 1 aromatic rings. The summed E-state index contributed by atoms with van der Waals surface area (Å²) in [4.78, 5) is 24.8. The number of amides is 1. The lowest BCUT2D eigenvalue weighted by Crippen LogP contribution is -2.58. The van der Waals surface area contributed by atoms with Gasteiger partial charge in [0, 0.05) is 12.4 Å². The molecule has 6 nitrogen and oxygen atoms in total. The average molecular weight is 307 g/mol. The SMILES string of the molecule is CCC1CCC(NC(=O)C(C)n2cccn2)(C(=O)OC)CC1. The van der Waals surface area contributed by atoms with Crippen LogP contribution in [0.3, 0.4) is 0 Å². The topological polar surface area (TPSA) is 73.2 Å². The van der Waals surface area contributed by atoms with Crippen LogP contribution in [-0.2, 0) is 14.3 Å². The highest BCUT2D eigenvalue weighted by Gasteiger charge is 2.44. The zero-order chi connectivity index (χ0) is 16.2. The maximum Gasteiger partial charge on any atom is 0.331 e. The Bertz CT molecular complexity index is 505. The van der Waals surface area contributed by atoms with Gasteiger partial charge in [-0.1, -0.05) is 13.3 Å². The monoisotopic (exact) mass is 307 g/mol. The van der Waals surface area contributed by atoms with Crippen LogP contribution in [-0.4, -0.2) is 34.3 Å². The molecule has 1 saturated carbocycles. The van der Waals surface area contributed by atoms with E-state index in [0.29, 0.717) is 18.8 Å². The van der Waals surface area contributed by atoms with Gasteiger partial charge >= 0.3 is 5.97 Å². The number of nitrogens with zero attached hydrogens (tertiary/aromatic N) is 2. The highest BCUT2D eigenvalue weighted by molar-refractivity contribution is 5.89. The van der Waals surface area contributed by atoms with Crippen molar-refractivity contribution < 1.29 is 14.3 Å². The predicted octanol–water partition coefficient (Wildman–Crippen LogP) is 2.07. The molecule has 1 unspecified atom stereocenters. The fraction of sp³-hybridized carbons (Fsp3) is 0.688. The summed E-state index contributed by atoms with van der Waals surface area (Å²) in [5.74, 6) is 0.0744. The number of esters is 1. The van der Waals surface area contributed by atoms with Crippen molar-refractivity contribution in [2.45, 2.75) is 57.5 Å². The van der Waals surface area contributed by atoms with Crippen LogP contribution in [0.25, 0.3) is 0 Å². The van der Waals surface area contributed by atoms with Crippen molar-refractivity contribution in [3.63, 3.8) is 0 Å². The maximum atomic E-state index is 12.5. The Hall–Kier alpha value is -1.85. The van der Waals surface area contributed by atoms with Crippen molar-refractivity contribution >= 4 is 11.9 Å². The van der Waals surface area contributed by atoms with E-state index in [9.17, 15) is 9.59 Å². The van der Waals surface area contributed by atoms with Crippen LogP contribution in [0.4, 0.5) is 0 Å². The lowest BCUT2D eigenvalue weighted by molar-refractivity contribution is -0.153. The predicted molar refractivity (Wildman–Crippen MR) is 82.1 cm³/mol.